The number of nitrogens with zero attached hydrogens (tertiary/aromatic N) is 2. The Morgan fingerprint density at radius 3 is 2.46 bits per heavy atom. The maximum absolute atomic E-state index is 2.28. The molecule has 0 amide bonds. The van der Waals surface area contributed by atoms with Gasteiger partial charge in [0, 0.05) is 0 Å². The SMILES string of the molecule is Cc1ccc(N2C=[N+](C)CC2)cc1. The van der Waals surface area contributed by atoms with Gasteiger partial charge in [-0.3, -0.25) is 4.58 Å². The number of likely N-dealkylation sites (N-methyl/N-ethyl adjacent to an activating group) is 1. The molecule has 1 aromatic carbocycles. The molecule has 0 aliphatic carbocycles. The van der Waals surface area contributed by atoms with Gasteiger partial charge in [-0.05, 0) is 19.1 Å². The van der Waals surface area contributed by atoms with Crippen molar-refractivity contribution in [2.45, 2.75) is 6.92 Å². The third kappa shape index (κ3) is 1.72. The van der Waals surface area contributed by atoms with E-state index in [4.69, 9.17) is 0 Å². The quantitative estimate of drug-likeness (QED) is 0.586. The Balaban J connectivity index is 2.22. The van der Waals surface area contributed by atoms with E-state index >= 15 is 0 Å². The lowest BCUT2D eigenvalue weighted by Gasteiger charge is -2.05. The Labute approximate surface area is 79.1 Å². The molecule has 0 saturated heterocycles. The van der Waals surface area contributed by atoms with Crippen LogP contribution in [0.5, 0.6) is 0 Å². The van der Waals surface area contributed by atoms with Crippen molar-refractivity contribution in [1.29, 1.82) is 0 Å². The highest BCUT2D eigenvalue weighted by atomic mass is 15.3. The number of anilines is 1. The summed E-state index contributed by atoms with van der Waals surface area (Å²) in [4.78, 5) is 2.28. The summed E-state index contributed by atoms with van der Waals surface area (Å²) in [6.07, 6.45) is 2.16. The maximum Gasteiger partial charge on any atom is 0.239 e. The van der Waals surface area contributed by atoms with Crippen LogP contribution in [-0.4, -0.2) is 31.1 Å². The number of hydrogen-bond donors (Lipinski definition) is 0. The van der Waals surface area contributed by atoms with Gasteiger partial charge in [-0.1, -0.05) is 17.7 Å². The van der Waals surface area contributed by atoms with Gasteiger partial charge < -0.3 is 0 Å². The summed E-state index contributed by atoms with van der Waals surface area (Å²) in [5, 5.41) is 0. The molecule has 0 saturated carbocycles. The van der Waals surface area contributed by atoms with Crippen molar-refractivity contribution in [2.24, 2.45) is 0 Å². The van der Waals surface area contributed by atoms with E-state index in [0.717, 1.165) is 13.1 Å². The minimum Gasteiger partial charge on any atom is -0.267 e. The molecule has 2 nitrogen and oxygen atoms in total. The first kappa shape index (κ1) is 8.30. The number of aryl methyl sites for hydroxylation is 1. The first-order chi connectivity index (χ1) is 6.25. The highest BCUT2D eigenvalue weighted by Gasteiger charge is 2.17. The Bertz CT molecular complexity index is 324. The van der Waals surface area contributed by atoms with E-state index in [9.17, 15) is 0 Å². The number of hydrogen-bond acceptors (Lipinski definition) is 1. The first-order valence-electron chi connectivity index (χ1n) is 4.64. The number of benzene rings is 1. The normalized spacial score (nSPS) is 16.2. The summed E-state index contributed by atoms with van der Waals surface area (Å²) in [5.41, 5.74) is 2.60. The van der Waals surface area contributed by atoms with Crippen LogP contribution in [0.4, 0.5) is 5.69 Å². The van der Waals surface area contributed by atoms with Crippen molar-refractivity contribution < 1.29 is 4.58 Å². The van der Waals surface area contributed by atoms with E-state index in [1.807, 2.05) is 0 Å². The third-order valence-electron chi connectivity index (χ3n) is 2.40. The minimum absolute atomic E-state index is 1.10. The molecule has 2 heteroatoms. The number of rotatable bonds is 1. The molecule has 1 heterocycles. The van der Waals surface area contributed by atoms with Crippen LogP contribution >= 0.6 is 0 Å². The second kappa shape index (κ2) is 3.21. The fraction of sp³-hybridized carbons (Fsp3) is 0.364. The molecule has 0 N–H and O–H groups in total. The van der Waals surface area contributed by atoms with Crippen molar-refractivity contribution in [1.82, 2.24) is 0 Å². The van der Waals surface area contributed by atoms with E-state index in [2.05, 4.69) is 54.1 Å². The molecule has 68 valence electrons. The second-order valence-corrected chi connectivity index (χ2v) is 3.63. The molecule has 1 aliphatic rings. The molecule has 1 aromatic rings. The Kier molecular flexibility index (Phi) is 2.05. The Morgan fingerprint density at radius 2 is 1.92 bits per heavy atom. The first-order valence-corrected chi connectivity index (χ1v) is 4.64. The minimum atomic E-state index is 1.10. The topological polar surface area (TPSA) is 6.25 Å². The van der Waals surface area contributed by atoms with Crippen LogP contribution in [0.15, 0.2) is 24.3 Å². The van der Waals surface area contributed by atoms with Gasteiger partial charge in [-0.15, -0.1) is 0 Å². The molecular weight excluding hydrogens is 160 g/mol. The van der Waals surface area contributed by atoms with Crippen LogP contribution in [-0.2, 0) is 0 Å². The predicted molar refractivity (Wildman–Crippen MR) is 55.6 cm³/mol. The molecule has 0 bridgehead atoms. The average Bonchev–Trinajstić information content (AvgIpc) is 2.53. The smallest absolute Gasteiger partial charge is 0.239 e. The summed E-state index contributed by atoms with van der Waals surface area (Å²) in [7, 11) is 2.11. The lowest BCUT2D eigenvalue weighted by atomic mass is 10.2. The van der Waals surface area contributed by atoms with E-state index in [1.165, 1.54) is 11.3 Å². The molecule has 0 unspecified atom stereocenters. The molecule has 0 fully saturated rings. The lowest BCUT2D eigenvalue weighted by Crippen LogP contribution is -2.17. The van der Waals surface area contributed by atoms with E-state index in [1.54, 1.807) is 0 Å². The van der Waals surface area contributed by atoms with Crippen molar-refractivity contribution in [3.8, 4) is 0 Å². The molecular formula is C11H15N2+. The molecule has 1 aliphatic heterocycles. The van der Waals surface area contributed by atoms with Crippen molar-refractivity contribution in [3.05, 3.63) is 29.8 Å². The van der Waals surface area contributed by atoms with Gasteiger partial charge >= 0.3 is 0 Å². The Morgan fingerprint density at radius 1 is 1.23 bits per heavy atom. The summed E-state index contributed by atoms with van der Waals surface area (Å²) in [6, 6.07) is 8.65. The van der Waals surface area contributed by atoms with Crippen LogP contribution in [0.3, 0.4) is 0 Å². The fourth-order valence-corrected chi connectivity index (χ4v) is 1.55. The summed E-state index contributed by atoms with van der Waals surface area (Å²) in [5.74, 6) is 0. The van der Waals surface area contributed by atoms with E-state index < -0.39 is 0 Å². The molecule has 0 radical (unpaired) electrons. The molecule has 0 atom stereocenters. The zero-order valence-corrected chi connectivity index (χ0v) is 8.20. The van der Waals surface area contributed by atoms with Gasteiger partial charge in [0.15, 0.2) is 0 Å². The maximum atomic E-state index is 2.28. The van der Waals surface area contributed by atoms with E-state index in [0.29, 0.717) is 0 Å². The van der Waals surface area contributed by atoms with Crippen molar-refractivity contribution >= 4 is 12.0 Å². The lowest BCUT2D eigenvalue weighted by molar-refractivity contribution is -0.481. The van der Waals surface area contributed by atoms with Gasteiger partial charge in [0.1, 0.15) is 18.8 Å². The average molecular weight is 175 g/mol. The van der Waals surface area contributed by atoms with Gasteiger partial charge in [-0.2, -0.15) is 0 Å². The highest BCUT2D eigenvalue weighted by molar-refractivity contribution is 5.76. The van der Waals surface area contributed by atoms with Gasteiger partial charge in [0.2, 0.25) is 6.34 Å². The molecule has 0 spiro atoms. The molecule has 0 aromatic heterocycles. The van der Waals surface area contributed by atoms with Crippen LogP contribution < -0.4 is 4.90 Å². The van der Waals surface area contributed by atoms with E-state index in [-0.39, 0.29) is 0 Å². The fourth-order valence-electron chi connectivity index (χ4n) is 1.55. The standard InChI is InChI=1S/C11H15N2/c1-10-3-5-11(6-4-10)13-8-7-12(2)9-13/h3-6,9H,7-8H2,1-2H3/q+1. The summed E-state index contributed by atoms with van der Waals surface area (Å²) >= 11 is 0. The molecule has 13 heavy (non-hydrogen) atoms. The summed E-state index contributed by atoms with van der Waals surface area (Å²) < 4.78 is 2.21. The van der Waals surface area contributed by atoms with Gasteiger partial charge in [0.05, 0.1) is 7.05 Å². The van der Waals surface area contributed by atoms with Crippen LogP contribution in [0, 0.1) is 6.92 Å². The predicted octanol–water partition coefficient (Wildman–Crippen LogP) is 1.49. The zero-order chi connectivity index (χ0) is 9.26. The largest absolute Gasteiger partial charge is 0.267 e. The van der Waals surface area contributed by atoms with Gasteiger partial charge in [-0.25, -0.2) is 4.90 Å². The zero-order valence-electron chi connectivity index (χ0n) is 8.20. The van der Waals surface area contributed by atoms with Crippen LogP contribution in [0.1, 0.15) is 5.56 Å². The molecule has 2 rings (SSSR count). The van der Waals surface area contributed by atoms with Crippen molar-refractivity contribution in [3.63, 3.8) is 0 Å². The van der Waals surface area contributed by atoms with Crippen molar-refractivity contribution in [2.75, 3.05) is 25.0 Å². The van der Waals surface area contributed by atoms with Crippen LogP contribution in [0.2, 0.25) is 0 Å². The second-order valence-electron chi connectivity index (χ2n) is 3.63. The summed E-state index contributed by atoms with van der Waals surface area (Å²) in [6.45, 7) is 4.33. The van der Waals surface area contributed by atoms with Crippen LogP contribution in [0.25, 0.3) is 0 Å². The monoisotopic (exact) mass is 175 g/mol. The van der Waals surface area contributed by atoms with Gasteiger partial charge in [0.25, 0.3) is 0 Å². The highest BCUT2D eigenvalue weighted by Crippen LogP contribution is 2.14. The Hall–Kier alpha value is -1.31. The third-order valence-corrected chi connectivity index (χ3v) is 2.40.